The molecule has 0 radical (unpaired) electrons. The molecule has 2 amide bonds. The van der Waals surface area contributed by atoms with Crippen molar-refractivity contribution in [2.24, 2.45) is 0 Å². The Balaban J connectivity index is 1.55. The Morgan fingerprint density at radius 1 is 1.00 bits per heavy atom. The average molecular weight is 468 g/mol. The van der Waals surface area contributed by atoms with Crippen LogP contribution < -0.4 is 15.4 Å². The smallest absolute Gasteiger partial charge is 0.412 e. The molecule has 0 saturated heterocycles. The van der Waals surface area contributed by atoms with Crippen LogP contribution in [0.5, 0.6) is 5.75 Å². The van der Waals surface area contributed by atoms with Crippen molar-refractivity contribution in [2.75, 3.05) is 7.11 Å². The van der Waals surface area contributed by atoms with Crippen LogP contribution in [0.25, 0.3) is 16.8 Å². The minimum atomic E-state index is -4.68. The Labute approximate surface area is 194 Å². The van der Waals surface area contributed by atoms with Crippen LogP contribution in [0.3, 0.4) is 0 Å². The van der Waals surface area contributed by atoms with Crippen molar-refractivity contribution in [1.82, 2.24) is 10.6 Å². The third-order valence-corrected chi connectivity index (χ3v) is 5.59. The van der Waals surface area contributed by atoms with E-state index in [1.165, 1.54) is 37.5 Å². The number of fused-ring (bicyclic) bond motifs is 1. The summed E-state index contributed by atoms with van der Waals surface area (Å²) in [7, 11) is 1.42. The second-order valence-corrected chi connectivity index (χ2v) is 8.09. The first-order valence-electron chi connectivity index (χ1n) is 10.8. The van der Waals surface area contributed by atoms with Crippen LogP contribution in [0.2, 0.25) is 0 Å². The van der Waals surface area contributed by atoms with E-state index >= 15 is 0 Å². The molecule has 1 fully saturated rings. The van der Waals surface area contributed by atoms with Crippen molar-refractivity contribution in [3.05, 3.63) is 83.4 Å². The second-order valence-electron chi connectivity index (χ2n) is 8.09. The lowest BCUT2D eigenvalue weighted by Gasteiger charge is -2.21. The zero-order valence-electron chi connectivity index (χ0n) is 18.4. The number of ether oxygens (including phenoxy) is 1. The first-order valence-corrected chi connectivity index (χ1v) is 10.8. The highest BCUT2D eigenvalue weighted by atomic mass is 19.4. The summed E-state index contributed by atoms with van der Waals surface area (Å²) in [5.74, 6) is -0.644. The second kappa shape index (κ2) is 9.59. The first-order chi connectivity index (χ1) is 16.3. The normalized spacial score (nSPS) is 14.7. The zero-order chi connectivity index (χ0) is 24.3. The number of carbonyl (C=O) groups is 2. The SMILES string of the molecule is COc1ccc(C(NC(=O)/C=C/c2ccc(C(=O)NC3CC3)c3ccccc23)C(F)(F)F)cc1. The number of hydrogen-bond acceptors (Lipinski definition) is 3. The van der Waals surface area contributed by atoms with Crippen LogP contribution in [0.4, 0.5) is 13.2 Å². The standard InChI is InChI=1S/C26H23F3N2O3/c1-34-19-12-6-17(7-13-19)24(26(27,28)29)31-23(32)15-9-16-8-14-22(25(33)30-18-10-11-18)21-5-3-2-4-20(16)21/h2-9,12-15,18,24H,10-11H2,1H3,(H,30,33)(H,31,32)/b15-9+. The topological polar surface area (TPSA) is 67.4 Å². The maximum absolute atomic E-state index is 13.6. The molecule has 0 bridgehead atoms. The van der Waals surface area contributed by atoms with E-state index in [2.05, 4.69) is 5.32 Å². The van der Waals surface area contributed by atoms with Crippen molar-refractivity contribution in [2.45, 2.75) is 31.1 Å². The Morgan fingerprint density at radius 2 is 1.68 bits per heavy atom. The van der Waals surface area contributed by atoms with Crippen molar-refractivity contribution in [3.63, 3.8) is 0 Å². The summed E-state index contributed by atoms with van der Waals surface area (Å²) in [4.78, 5) is 25.0. The molecule has 0 spiro atoms. The molecule has 3 aromatic carbocycles. The van der Waals surface area contributed by atoms with Crippen molar-refractivity contribution in [3.8, 4) is 5.75 Å². The highest BCUT2D eigenvalue weighted by Gasteiger charge is 2.41. The van der Waals surface area contributed by atoms with E-state index in [-0.39, 0.29) is 17.5 Å². The molecule has 1 aliphatic rings. The van der Waals surface area contributed by atoms with Crippen LogP contribution in [-0.4, -0.2) is 31.1 Å². The van der Waals surface area contributed by atoms with Gasteiger partial charge >= 0.3 is 6.18 Å². The summed E-state index contributed by atoms with van der Waals surface area (Å²) < 4.78 is 45.9. The lowest BCUT2D eigenvalue weighted by Crippen LogP contribution is -2.37. The number of benzene rings is 3. The van der Waals surface area contributed by atoms with Gasteiger partial charge in [0.1, 0.15) is 5.75 Å². The molecule has 176 valence electrons. The van der Waals surface area contributed by atoms with Crippen LogP contribution >= 0.6 is 0 Å². The van der Waals surface area contributed by atoms with Gasteiger partial charge in [0.15, 0.2) is 6.04 Å². The van der Waals surface area contributed by atoms with Crippen LogP contribution in [0.15, 0.2) is 66.7 Å². The number of amides is 2. The van der Waals surface area contributed by atoms with Crippen LogP contribution in [-0.2, 0) is 4.79 Å². The maximum atomic E-state index is 13.6. The minimum absolute atomic E-state index is 0.105. The molecular weight excluding hydrogens is 445 g/mol. The third-order valence-electron chi connectivity index (χ3n) is 5.59. The molecular formula is C26H23F3N2O3. The molecule has 1 unspecified atom stereocenters. The van der Waals surface area contributed by atoms with Gasteiger partial charge in [-0.15, -0.1) is 0 Å². The predicted octanol–water partition coefficient (Wildman–Crippen LogP) is 5.17. The molecule has 0 aromatic heterocycles. The van der Waals surface area contributed by atoms with Crippen molar-refractivity contribution < 1.29 is 27.5 Å². The lowest BCUT2D eigenvalue weighted by atomic mass is 9.98. The van der Waals surface area contributed by atoms with E-state index < -0.39 is 18.1 Å². The monoisotopic (exact) mass is 468 g/mol. The van der Waals surface area contributed by atoms with Gasteiger partial charge in [0.05, 0.1) is 7.11 Å². The maximum Gasteiger partial charge on any atom is 0.412 e. The number of rotatable bonds is 7. The Hall–Kier alpha value is -3.81. The molecule has 5 nitrogen and oxygen atoms in total. The number of methoxy groups -OCH3 is 1. The van der Waals surface area contributed by atoms with Crippen LogP contribution in [0, 0.1) is 0 Å². The van der Waals surface area contributed by atoms with Crippen molar-refractivity contribution in [1.29, 1.82) is 0 Å². The van der Waals surface area contributed by atoms with Crippen LogP contribution in [0.1, 0.15) is 40.4 Å². The van der Waals surface area contributed by atoms with Gasteiger partial charge in [-0.2, -0.15) is 13.2 Å². The Kier molecular flexibility index (Phi) is 6.58. The highest BCUT2D eigenvalue weighted by Crippen LogP contribution is 2.33. The van der Waals surface area contributed by atoms with Gasteiger partial charge < -0.3 is 15.4 Å². The molecule has 0 aliphatic heterocycles. The molecule has 1 saturated carbocycles. The summed E-state index contributed by atoms with van der Waals surface area (Å²) in [6.07, 6.45) is -0.235. The highest BCUT2D eigenvalue weighted by molar-refractivity contribution is 6.09. The number of hydrogen-bond donors (Lipinski definition) is 2. The lowest BCUT2D eigenvalue weighted by molar-refractivity contribution is -0.162. The van der Waals surface area contributed by atoms with E-state index in [1.54, 1.807) is 36.4 Å². The van der Waals surface area contributed by atoms with Gasteiger partial charge in [-0.3, -0.25) is 9.59 Å². The fourth-order valence-electron chi connectivity index (χ4n) is 3.66. The summed E-state index contributed by atoms with van der Waals surface area (Å²) in [6, 6.07) is 13.9. The Bertz CT molecular complexity index is 1230. The van der Waals surface area contributed by atoms with Gasteiger partial charge in [-0.25, -0.2) is 0 Å². The summed E-state index contributed by atoms with van der Waals surface area (Å²) >= 11 is 0. The molecule has 2 N–H and O–H groups in total. The number of alkyl halides is 3. The third kappa shape index (κ3) is 5.39. The van der Waals surface area contributed by atoms with E-state index in [0.29, 0.717) is 22.3 Å². The van der Waals surface area contributed by atoms with Gasteiger partial charge in [-0.05, 0) is 59.0 Å². The van der Waals surface area contributed by atoms with Gasteiger partial charge in [-0.1, -0.05) is 42.5 Å². The average Bonchev–Trinajstić information content (AvgIpc) is 3.64. The minimum Gasteiger partial charge on any atom is -0.497 e. The van der Waals surface area contributed by atoms with Gasteiger partial charge in [0, 0.05) is 17.7 Å². The number of nitrogens with one attached hydrogen (secondary N) is 2. The van der Waals surface area contributed by atoms with E-state index in [0.717, 1.165) is 24.3 Å². The van der Waals surface area contributed by atoms with E-state index in [4.69, 9.17) is 4.74 Å². The molecule has 8 heteroatoms. The molecule has 3 aromatic rings. The largest absolute Gasteiger partial charge is 0.497 e. The fraction of sp³-hybridized carbons (Fsp3) is 0.231. The Morgan fingerprint density at radius 3 is 2.29 bits per heavy atom. The summed E-state index contributed by atoms with van der Waals surface area (Å²) in [5.41, 5.74) is 1.02. The van der Waals surface area contributed by atoms with Crippen molar-refractivity contribution >= 4 is 28.7 Å². The number of carbonyl (C=O) groups excluding carboxylic acids is 2. The van der Waals surface area contributed by atoms with Gasteiger partial charge in [0.2, 0.25) is 5.91 Å². The molecule has 34 heavy (non-hydrogen) atoms. The number of halogens is 3. The molecule has 0 heterocycles. The molecule has 1 atom stereocenters. The van der Waals surface area contributed by atoms with E-state index in [1.807, 2.05) is 5.32 Å². The zero-order valence-corrected chi connectivity index (χ0v) is 18.4. The summed E-state index contributed by atoms with van der Waals surface area (Å²) in [6.45, 7) is 0. The molecule has 1 aliphatic carbocycles. The summed E-state index contributed by atoms with van der Waals surface area (Å²) in [5, 5.41) is 6.41. The molecule has 4 rings (SSSR count). The predicted molar refractivity (Wildman–Crippen MR) is 123 cm³/mol. The van der Waals surface area contributed by atoms with E-state index in [9.17, 15) is 22.8 Å². The fourth-order valence-corrected chi connectivity index (χ4v) is 3.66. The van der Waals surface area contributed by atoms with Gasteiger partial charge in [0.25, 0.3) is 5.91 Å². The quantitative estimate of drug-likeness (QED) is 0.470. The first kappa shape index (κ1) is 23.4.